The Labute approximate surface area is 183 Å². The molecule has 0 saturated carbocycles. The first-order valence-corrected chi connectivity index (χ1v) is 10.6. The highest BCUT2D eigenvalue weighted by molar-refractivity contribution is 7.14. The van der Waals surface area contributed by atoms with Crippen LogP contribution in [0.1, 0.15) is 35.8 Å². The first-order chi connectivity index (χ1) is 15.0. The number of carbonyl (C=O) groups excluding carboxylic acids is 2. The molecule has 1 unspecified atom stereocenters. The van der Waals surface area contributed by atoms with Crippen LogP contribution in [0.15, 0.2) is 72.4 Å². The SMILES string of the molecule is CC(=O)NC(C)c1ccc(-c2csc(NC(=O)c3ccc(-n4cccn4)cc3)n2)cc1. The van der Waals surface area contributed by atoms with Crippen LogP contribution in [0.5, 0.6) is 0 Å². The van der Waals surface area contributed by atoms with Crippen LogP contribution in [0, 0.1) is 0 Å². The van der Waals surface area contributed by atoms with Crippen molar-refractivity contribution >= 4 is 28.3 Å². The standard InChI is InChI=1S/C23H21N5O2S/c1-15(25-16(2)29)17-4-6-18(7-5-17)21-14-31-23(26-21)27-22(30)19-8-10-20(11-9-19)28-13-3-12-24-28/h3-15H,1-2H3,(H,25,29)(H,26,27,30). The van der Waals surface area contributed by atoms with Crippen LogP contribution in [-0.2, 0) is 4.79 Å². The van der Waals surface area contributed by atoms with Gasteiger partial charge in [0, 0.05) is 35.8 Å². The second-order valence-corrected chi connectivity index (χ2v) is 7.89. The molecule has 31 heavy (non-hydrogen) atoms. The van der Waals surface area contributed by atoms with Crippen LogP contribution in [0.25, 0.3) is 16.9 Å². The summed E-state index contributed by atoms with van der Waals surface area (Å²) in [5.41, 5.74) is 4.17. The average molecular weight is 432 g/mol. The van der Waals surface area contributed by atoms with Gasteiger partial charge in [0.25, 0.3) is 5.91 Å². The number of thiazole rings is 1. The van der Waals surface area contributed by atoms with E-state index < -0.39 is 0 Å². The zero-order valence-corrected chi connectivity index (χ0v) is 17.9. The highest BCUT2D eigenvalue weighted by atomic mass is 32.1. The number of nitrogens with zero attached hydrogens (tertiary/aromatic N) is 3. The average Bonchev–Trinajstić information content (AvgIpc) is 3.46. The third-order valence-electron chi connectivity index (χ3n) is 4.75. The number of rotatable bonds is 6. The molecule has 2 aromatic heterocycles. The van der Waals surface area contributed by atoms with E-state index in [1.807, 2.05) is 61.0 Å². The van der Waals surface area contributed by atoms with E-state index in [9.17, 15) is 9.59 Å². The first kappa shape index (κ1) is 20.5. The molecule has 0 radical (unpaired) electrons. The maximum absolute atomic E-state index is 12.6. The number of benzene rings is 2. The number of amides is 2. The van der Waals surface area contributed by atoms with Crippen molar-refractivity contribution in [2.75, 3.05) is 5.32 Å². The molecule has 0 saturated heterocycles. The van der Waals surface area contributed by atoms with Crippen molar-refractivity contribution in [1.29, 1.82) is 0 Å². The largest absolute Gasteiger partial charge is 0.350 e. The highest BCUT2D eigenvalue weighted by Gasteiger charge is 2.12. The number of aromatic nitrogens is 3. The lowest BCUT2D eigenvalue weighted by molar-refractivity contribution is -0.119. The zero-order chi connectivity index (χ0) is 21.8. The monoisotopic (exact) mass is 431 g/mol. The van der Waals surface area contributed by atoms with Crippen LogP contribution in [-0.4, -0.2) is 26.6 Å². The maximum Gasteiger partial charge on any atom is 0.257 e. The van der Waals surface area contributed by atoms with Gasteiger partial charge in [-0.2, -0.15) is 5.10 Å². The number of nitrogens with one attached hydrogen (secondary N) is 2. The van der Waals surface area contributed by atoms with Gasteiger partial charge >= 0.3 is 0 Å². The lowest BCUT2D eigenvalue weighted by Crippen LogP contribution is -2.23. The van der Waals surface area contributed by atoms with E-state index >= 15 is 0 Å². The number of carbonyl (C=O) groups is 2. The van der Waals surface area contributed by atoms with Crippen molar-refractivity contribution in [2.45, 2.75) is 19.9 Å². The fourth-order valence-electron chi connectivity index (χ4n) is 3.15. The summed E-state index contributed by atoms with van der Waals surface area (Å²) in [6.07, 6.45) is 3.55. The molecule has 4 rings (SSSR count). The molecule has 0 fully saturated rings. The summed E-state index contributed by atoms with van der Waals surface area (Å²) in [5.74, 6) is -0.278. The number of anilines is 1. The quantitative estimate of drug-likeness (QED) is 0.472. The van der Waals surface area contributed by atoms with Gasteiger partial charge in [0.15, 0.2) is 5.13 Å². The van der Waals surface area contributed by atoms with E-state index in [-0.39, 0.29) is 17.9 Å². The minimum absolute atomic E-state index is 0.0588. The Kier molecular flexibility index (Phi) is 5.90. The van der Waals surface area contributed by atoms with Gasteiger partial charge in [-0.15, -0.1) is 11.3 Å². The molecule has 8 heteroatoms. The van der Waals surface area contributed by atoms with Crippen LogP contribution < -0.4 is 10.6 Å². The Hall–Kier alpha value is -3.78. The normalized spacial score (nSPS) is 11.7. The van der Waals surface area contributed by atoms with E-state index in [0.717, 1.165) is 22.5 Å². The van der Waals surface area contributed by atoms with Crippen molar-refractivity contribution in [3.8, 4) is 16.9 Å². The van der Waals surface area contributed by atoms with Crippen molar-refractivity contribution in [1.82, 2.24) is 20.1 Å². The molecule has 7 nitrogen and oxygen atoms in total. The third kappa shape index (κ3) is 4.87. The molecule has 2 N–H and O–H groups in total. The molecule has 0 aliphatic rings. The fraction of sp³-hybridized carbons (Fsp3) is 0.130. The van der Waals surface area contributed by atoms with Crippen LogP contribution >= 0.6 is 11.3 Å². The van der Waals surface area contributed by atoms with Gasteiger partial charge in [0.2, 0.25) is 5.91 Å². The van der Waals surface area contributed by atoms with Crippen LogP contribution in [0.4, 0.5) is 5.13 Å². The lowest BCUT2D eigenvalue weighted by atomic mass is 10.1. The van der Waals surface area contributed by atoms with Crippen LogP contribution in [0.3, 0.4) is 0 Å². The summed E-state index contributed by atoms with van der Waals surface area (Å²) in [6.45, 7) is 3.44. The summed E-state index contributed by atoms with van der Waals surface area (Å²) in [5, 5.41) is 12.3. The molecule has 2 aromatic carbocycles. The molecule has 0 bridgehead atoms. The molecular weight excluding hydrogens is 410 g/mol. The van der Waals surface area contributed by atoms with E-state index in [0.29, 0.717) is 10.7 Å². The third-order valence-corrected chi connectivity index (χ3v) is 5.51. The summed E-state index contributed by atoms with van der Waals surface area (Å²) in [4.78, 5) is 28.3. The smallest absolute Gasteiger partial charge is 0.257 e. The molecular formula is C23H21N5O2S. The first-order valence-electron chi connectivity index (χ1n) is 9.74. The van der Waals surface area contributed by atoms with E-state index in [2.05, 4.69) is 20.7 Å². The zero-order valence-electron chi connectivity index (χ0n) is 17.1. The van der Waals surface area contributed by atoms with E-state index in [1.54, 1.807) is 23.0 Å². The van der Waals surface area contributed by atoms with Gasteiger partial charge in [-0.1, -0.05) is 24.3 Å². The highest BCUT2D eigenvalue weighted by Crippen LogP contribution is 2.26. The predicted octanol–water partition coefficient (Wildman–Crippen LogP) is 4.45. The minimum Gasteiger partial charge on any atom is -0.350 e. The Balaban J connectivity index is 1.42. The second-order valence-electron chi connectivity index (χ2n) is 7.03. The van der Waals surface area contributed by atoms with Crippen molar-refractivity contribution in [2.24, 2.45) is 0 Å². The van der Waals surface area contributed by atoms with E-state index in [4.69, 9.17) is 0 Å². The summed E-state index contributed by atoms with van der Waals surface area (Å²) in [7, 11) is 0. The maximum atomic E-state index is 12.6. The topological polar surface area (TPSA) is 88.9 Å². The molecule has 0 spiro atoms. The fourth-order valence-corrected chi connectivity index (χ4v) is 3.87. The molecule has 1 atom stereocenters. The Morgan fingerprint density at radius 2 is 1.81 bits per heavy atom. The van der Waals surface area contributed by atoms with Gasteiger partial charge in [0.05, 0.1) is 17.4 Å². The summed E-state index contributed by atoms with van der Waals surface area (Å²) in [6, 6.07) is 16.9. The van der Waals surface area contributed by atoms with Crippen molar-refractivity contribution in [3.05, 3.63) is 83.5 Å². The van der Waals surface area contributed by atoms with Crippen LogP contribution in [0.2, 0.25) is 0 Å². The molecule has 2 heterocycles. The molecule has 156 valence electrons. The second kappa shape index (κ2) is 8.93. The van der Waals surface area contributed by atoms with E-state index in [1.165, 1.54) is 18.3 Å². The number of hydrogen-bond donors (Lipinski definition) is 2. The molecule has 0 aliphatic carbocycles. The summed E-state index contributed by atoms with van der Waals surface area (Å²) >= 11 is 1.37. The minimum atomic E-state index is -0.215. The lowest BCUT2D eigenvalue weighted by Gasteiger charge is -2.13. The van der Waals surface area contributed by atoms with Gasteiger partial charge in [-0.05, 0) is 42.8 Å². The Morgan fingerprint density at radius 3 is 2.45 bits per heavy atom. The molecule has 2 amide bonds. The molecule has 4 aromatic rings. The van der Waals surface area contributed by atoms with Gasteiger partial charge in [0.1, 0.15) is 0 Å². The predicted molar refractivity (Wildman–Crippen MR) is 121 cm³/mol. The van der Waals surface area contributed by atoms with Gasteiger partial charge in [-0.25, -0.2) is 9.67 Å². The molecule has 0 aliphatic heterocycles. The Morgan fingerprint density at radius 1 is 1.06 bits per heavy atom. The number of hydrogen-bond acceptors (Lipinski definition) is 5. The summed E-state index contributed by atoms with van der Waals surface area (Å²) < 4.78 is 1.73. The Bertz CT molecular complexity index is 1180. The van der Waals surface area contributed by atoms with Crippen molar-refractivity contribution < 1.29 is 9.59 Å². The van der Waals surface area contributed by atoms with Gasteiger partial charge in [-0.3, -0.25) is 14.9 Å². The van der Waals surface area contributed by atoms with Gasteiger partial charge < -0.3 is 5.32 Å². The van der Waals surface area contributed by atoms with Crippen molar-refractivity contribution in [3.63, 3.8) is 0 Å².